The van der Waals surface area contributed by atoms with Crippen LogP contribution in [0.3, 0.4) is 0 Å². The molecule has 0 fully saturated rings. The normalized spacial score (nSPS) is 10.9. The van der Waals surface area contributed by atoms with Gasteiger partial charge in [0.25, 0.3) is 0 Å². The van der Waals surface area contributed by atoms with E-state index in [1.54, 1.807) is 25.3 Å². The van der Waals surface area contributed by atoms with Gasteiger partial charge in [-0.25, -0.2) is 19.7 Å². The van der Waals surface area contributed by atoms with Gasteiger partial charge in [-0.15, -0.1) is 0 Å². The Morgan fingerprint density at radius 2 is 2.03 bits per heavy atom. The molecule has 9 heteroatoms. The Morgan fingerprint density at radius 3 is 2.80 bits per heavy atom. The summed E-state index contributed by atoms with van der Waals surface area (Å²) < 4.78 is 6.89. The molecule has 0 atom stereocenters. The van der Waals surface area contributed by atoms with Crippen LogP contribution >= 0.6 is 11.8 Å². The Balaban J connectivity index is 1.90. The molecule has 8 nitrogen and oxygen atoms in total. The zero-order chi connectivity index (χ0) is 21.1. The number of nitrogens with zero attached hydrogens (tertiary/aromatic N) is 5. The topological polar surface area (TPSA) is 94.3 Å². The Bertz CT molecular complexity index is 1220. The van der Waals surface area contributed by atoms with Gasteiger partial charge in [0.1, 0.15) is 17.0 Å². The molecule has 0 saturated carbocycles. The van der Waals surface area contributed by atoms with Crippen LogP contribution in [-0.4, -0.2) is 43.3 Å². The van der Waals surface area contributed by atoms with Crippen LogP contribution in [0.2, 0.25) is 0 Å². The molecule has 4 heterocycles. The number of aromatic nitrogens is 5. The van der Waals surface area contributed by atoms with Crippen LogP contribution in [0.4, 0.5) is 10.5 Å². The number of carbonyl (C=O) groups excluding carboxylic acids is 1. The number of carbonyl (C=O) groups is 1. The number of anilines is 1. The lowest BCUT2D eigenvalue weighted by atomic mass is 10.1. The van der Waals surface area contributed by atoms with Crippen LogP contribution in [0.15, 0.2) is 53.9 Å². The summed E-state index contributed by atoms with van der Waals surface area (Å²) in [6.07, 6.45) is 5.01. The highest BCUT2D eigenvalue weighted by Gasteiger charge is 2.19. The van der Waals surface area contributed by atoms with Gasteiger partial charge in [-0.2, -0.15) is 0 Å². The van der Waals surface area contributed by atoms with E-state index in [-0.39, 0.29) is 0 Å². The smallest absolute Gasteiger partial charge is 0.411 e. The predicted molar refractivity (Wildman–Crippen MR) is 117 cm³/mol. The summed E-state index contributed by atoms with van der Waals surface area (Å²) in [5.41, 5.74) is 5.15. The summed E-state index contributed by atoms with van der Waals surface area (Å²) in [5.74, 6) is 0. The van der Waals surface area contributed by atoms with Crippen molar-refractivity contribution in [1.29, 1.82) is 0 Å². The molecule has 0 spiro atoms. The van der Waals surface area contributed by atoms with Crippen molar-refractivity contribution in [2.24, 2.45) is 0 Å². The van der Waals surface area contributed by atoms with Gasteiger partial charge in [0.05, 0.1) is 18.0 Å². The van der Waals surface area contributed by atoms with Crippen LogP contribution in [0, 0.1) is 6.92 Å². The Kier molecular flexibility index (Phi) is 5.62. The van der Waals surface area contributed by atoms with Crippen molar-refractivity contribution in [3.8, 4) is 22.8 Å². The first-order chi connectivity index (χ1) is 14.6. The highest BCUT2D eigenvalue weighted by molar-refractivity contribution is 7.98. The summed E-state index contributed by atoms with van der Waals surface area (Å²) in [5, 5.41) is 3.38. The molecule has 0 aliphatic carbocycles. The Hall–Kier alpha value is -3.46. The molecule has 0 aromatic carbocycles. The highest BCUT2D eigenvalue weighted by atomic mass is 32.2. The van der Waals surface area contributed by atoms with Crippen LogP contribution in [-0.2, 0) is 4.74 Å². The number of amides is 1. The van der Waals surface area contributed by atoms with Gasteiger partial charge >= 0.3 is 6.09 Å². The lowest BCUT2D eigenvalue weighted by molar-refractivity contribution is 0.168. The third-order valence-electron chi connectivity index (χ3n) is 4.34. The molecule has 4 aromatic heterocycles. The second-order valence-corrected chi connectivity index (χ2v) is 7.16. The van der Waals surface area contributed by atoms with E-state index in [4.69, 9.17) is 9.72 Å². The SMILES string of the molecule is CCOC(=O)Nc1ccn2c(-c3ccnc(SC)n3)c(-c3cccc(C)n3)nc2c1. The van der Waals surface area contributed by atoms with Gasteiger partial charge in [-0.05, 0) is 44.4 Å². The fraction of sp³-hybridized carbons (Fsp3) is 0.190. The van der Waals surface area contributed by atoms with Gasteiger partial charge < -0.3 is 4.74 Å². The van der Waals surface area contributed by atoms with Crippen molar-refractivity contribution in [2.45, 2.75) is 19.0 Å². The van der Waals surface area contributed by atoms with Gasteiger partial charge in [-0.3, -0.25) is 14.7 Å². The van der Waals surface area contributed by atoms with Gasteiger partial charge in [-0.1, -0.05) is 17.8 Å². The first kappa shape index (κ1) is 19.8. The van der Waals surface area contributed by atoms with Gasteiger partial charge in [0, 0.05) is 29.8 Å². The number of thioether (sulfide) groups is 1. The fourth-order valence-electron chi connectivity index (χ4n) is 3.08. The maximum absolute atomic E-state index is 11.8. The minimum Gasteiger partial charge on any atom is -0.450 e. The van der Waals surface area contributed by atoms with E-state index in [1.807, 2.05) is 48.0 Å². The summed E-state index contributed by atoms with van der Waals surface area (Å²) in [6.45, 7) is 4.00. The fourth-order valence-corrected chi connectivity index (χ4v) is 3.43. The number of nitrogens with one attached hydrogen (secondary N) is 1. The first-order valence-corrected chi connectivity index (χ1v) is 10.6. The second kappa shape index (κ2) is 8.50. The number of hydrogen-bond donors (Lipinski definition) is 1. The molecular weight excluding hydrogens is 400 g/mol. The molecule has 4 rings (SSSR count). The van der Waals surface area contributed by atoms with Crippen LogP contribution in [0.5, 0.6) is 0 Å². The van der Waals surface area contributed by atoms with E-state index in [9.17, 15) is 4.79 Å². The minimum absolute atomic E-state index is 0.302. The number of fused-ring (bicyclic) bond motifs is 1. The maximum atomic E-state index is 11.8. The minimum atomic E-state index is -0.505. The van der Waals surface area contributed by atoms with Crippen molar-refractivity contribution in [3.05, 3.63) is 54.5 Å². The Labute approximate surface area is 177 Å². The molecule has 0 bridgehead atoms. The van der Waals surface area contributed by atoms with Crippen molar-refractivity contribution in [2.75, 3.05) is 18.2 Å². The number of ether oxygens (including phenoxy) is 1. The van der Waals surface area contributed by atoms with E-state index in [0.717, 1.165) is 22.8 Å². The molecule has 1 amide bonds. The largest absolute Gasteiger partial charge is 0.450 e. The average molecular weight is 420 g/mol. The number of hydrogen-bond acceptors (Lipinski definition) is 7. The van der Waals surface area contributed by atoms with Crippen molar-refractivity contribution in [3.63, 3.8) is 0 Å². The van der Waals surface area contributed by atoms with E-state index in [2.05, 4.69) is 20.3 Å². The predicted octanol–water partition coefficient (Wildman–Crippen LogP) is 4.45. The molecule has 152 valence electrons. The first-order valence-electron chi connectivity index (χ1n) is 9.36. The van der Waals surface area contributed by atoms with Crippen LogP contribution in [0.1, 0.15) is 12.6 Å². The third kappa shape index (κ3) is 3.97. The molecule has 0 aliphatic rings. The number of pyridine rings is 2. The summed E-state index contributed by atoms with van der Waals surface area (Å²) in [6, 6.07) is 11.2. The monoisotopic (exact) mass is 420 g/mol. The van der Waals surface area contributed by atoms with E-state index >= 15 is 0 Å². The van der Waals surface area contributed by atoms with E-state index in [1.165, 1.54) is 11.8 Å². The quantitative estimate of drug-likeness (QED) is 0.376. The highest BCUT2D eigenvalue weighted by Crippen LogP contribution is 2.32. The molecule has 0 radical (unpaired) electrons. The standard InChI is InChI=1S/C21H20N6O2S/c1-4-29-21(28)24-14-9-11-27-17(12-14)26-18(15-7-5-6-13(2)23-15)19(27)16-8-10-22-20(25-16)30-3/h5-12H,4H2,1-3H3,(H,24,28). The van der Waals surface area contributed by atoms with Gasteiger partial charge in [0.2, 0.25) is 0 Å². The van der Waals surface area contributed by atoms with Crippen LogP contribution < -0.4 is 5.32 Å². The summed E-state index contributed by atoms with van der Waals surface area (Å²) in [4.78, 5) is 30.2. The summed E-state index contributed by atoms with van der Waals surface area (Å²) in [7, 11) is 0. The second-order valence-electron chi connectivity index (χ2n) is 6.39. The van der Waals surface area contributed by atoms with Crippen molar-refractivity contribution in [1.82, 2.24) is 24.3 Å². The molecular formula is C21H20N6O2S. The zero-order valence-corrected chi connectivity index (χ0v) is 17.6. The number of rotatable bonds is 5. The molecule has 0 unspecified atom stereocenters. The summed E-state index contributed by atoms with van der Waals surface area (Å²) >= 11 is 1.47. The lowest BCUT2D eigenvalue weighted by Gasteiger charge is -2.08. The van der Waals surface area contributed by atoms with Crippen molar-refractivity contribution >= 4 is 29.2 Å². The molecule has 0 aliphatic heterocycles. The lowest BCUT2D eigenvalue weighted by Crippen LogP contribution is -2.13. The molecule has 1 N–H and O–H groups in total. The number of imidazole rings is 1. The molecule has 30 heavy (non-hydrogen) atoms. The van der Waals surface area contributed by atoms with E-state index < -0.39 is 6.09 Å². The zero-order valence-electron chi connectivity index (χ0n) is 16.8. The average Bonchev–Trinajstić information content (AvgIpc) is 3.13. The van der Waals surface area contributed by atoms with Gasteiger partial charge in [0.15, 0.2) is 5.16 Å². The molecule has 0 saturated heterocycles. The molecule has 4 aromatic rings. The van der Waals surface area contributed by atoms with Crippen LogP contribution in [0.25, 0.3) is 28.4 Å². The van der Waals surface area contributed by atoms with Crippen molar-refractivity contribution < 1.29 is 9.53 Å². The number of aryl methyl sites for hydroxylation is 1. The maximum Gasteiger partial charge on any atom is 0.411 e. The Morgan fingerprint density at radius 1 is 1.17 bits per heavy atom. The third-order valence-corrected chi connectivity index (χ3v) is 4.90. The van der Waals surface area contributed by atoms with E-state index in [0.29, 0.717) is 28.8 Å².